The van der Waals surface area contributed by atoms with E-state index in [4.69, 9.17) is 22.1 Å². The van der Waals surface area contributed by atoms with E-state index >= 15 is 0 Å². The van der Waals surface area contributed by atoms with Crippen molar-refractivity contribution in [3.05, 3.63) is 53.3 Å². The Labute approximate surface area is 167 Å². The summed E-state index contributed by atoms with van der Waals surface area (Å²) in [5.74, 6) is -0.699. The quantitative estimate of drug-likeness (QED) is 0.598. The number of nitrogens with zero attached hydrogens (tertiary/aromatic N) is 2. The minimum absolute atomic E-state index is 0.194. The number of rotatable bonds is 6. The van der Waals surface area contributed by atoms with E-state index in [9.17, 15) is 8.78 Å². The number of benzene rings is 1. The lowest BCUT2D eigenvalue weighted by Crippen LogP contribution is -2.35. The summed E-state index contributed by atoms with van der Waals surface area (Å²) < 4.78 is 33.6. The summed E-state index contributed by atoms with van der Waals surface area (Å²) in [7, 11) is 0. The average Bonchev–Trinajstić information content (AvgIpc) is 2.58. The zero-order chi connectivity index (χ0) is 20.5. The highest BCUT2D eigenvalue weighted by Crippen LogP contribution is 2.33. The molecule has 0 fully saturated rings. The summed E-state index contributed by atoms with van der Waals surface area (Å²) in [6.07, 6.45) is 3.79. The van der Waals surface area contributed by atoms with Crippen molar-refractivity contribution in [3.8, 4) is 17.0 Å². The van der Waals surface area contributed by atoms with Crippen molar-refractivity contribution < 1.29 is 13.5 Å². The van der Waals surface area contributed by atoms with Gasteiger partial charge in [-0.05, 0) is 38.3 Å². The van der Waals surface area contributed by atoms with Crippen LogP contribution in [-0.4, -0.2) is 22.1 Å². The molecular formula is C21H22ClF2N3O. The summed E-state index contributed by atoms with van der Waals surface area (Å²) in [6.45, 7) is 6.44. The van der Waals surface area contributed by atoms with Crippen molar-refractivity contribution in [3.63, 3.8) is 0 Å². The lowest BCUT2D eigenvalue weighted by Gasteiger charge is -2.23. The molecule has 3 aromatic rings. The molecule has 3 rings (SSSR count). The number of nitrogens with two attached hydrogens (primary N) is 1. The van der Waals surface area contributed by atoms with Crippen LogP contribution in [0.4, 0.5) is 8.78 Å². The molecule has 2 aromatic heterocycles. The number of hydrogen-bond donors (Lipinski definition) is 1. The fraction of sp³-hybridized carbons (Fsp3) is 0.333. The predicted molar refractivity (Wildman–Crippen MR) is 107 cm³/mol. The molecule has 4 nitrogen and oxygen atoms in total. The topological polar surface area (TPSA) is 61.0 Å². The van der Waals surface area contributed by atoms with Crippen molar-refractivity contribution >= 4 is 22.5 Å². The van der Waals surface area contributed by atoms with Gasteiger partial charge in [-0.2, -0.15) is 0 Å². The van der Waals surface area contributed by atoms with Gasteiger partial charge in [-0.25, -0.2) is 8.78 Å². The molecule has 1 unspecified atom stereocenters. The third kappa shape index (κ3) is 4.75. The molecule has 0 aliphatic rings. The summed E-state index contributed by atoms with van der Waals surface area (Å²) in [4.78, 5) is 8.38. The normalized spacial score (nSPS) is 13.0. The van der Waals surface area contributed by atoms with Gasteiger partial charge in [0.05, 0.1) is 29.0 Å². The Morgan fingerprint density at radius 2 is 1.96 bits per heavy atom. The van der Waals surface area contributed by atoms with E-state index in [1.54, 1.807) is 12.1 Å². The van der Waals surface area contributed by atoms with Gasteiger partial charge in [0.2, 0.25) is 0 Å². The van der Waals surface area contributed by atoms with Crippen molar-refractivity contribution in [1.29, 1.82) is 0 Å². The fourth-order valence-electron chi connectivity index (χ4n) is 3.28. The highest BCUT2D eigenvalue weighted by Gasteiger charge is 2.17. The van der Waals surface area contributed by atoms with Crippen LogP contribution >= 0.6 is 11.6 Å². The van der Waals surface area contributed by atoms with Gasteiger partial charge >= 0.3 is 0 Å². The van der Waals surface area contributed by atoms with Crippen molar-refractivity contribution in [1.82, 2.24) is 9.97 Å². The molecule has 0 spiro atoms. The second kappa shape index (κ2) is 7.97. The summed E-state index contributed by atoms with van der Waals surface area (Å²) in [5.41, 5.74) is 6.90. The lowest BCUT2D eigenvalue weighted by atomic mass is 9.93. The van der Waals surface area contributed by atoms with Gasteiger partial charge in [0.25, 0.3) is 0 Å². The maximum absolute atomic E-state index is 14.3. The van der Waals surface area contributed by atoms with Crippen LogP contribution in [0.1, 0.15) is 27.2 Å². The van der Waals surface area contributed by atoms with Gasteiger partial charge in [0.15, 0.2) is 5.75 Å². The van der Waals surface area contributed by atoms with Gasteiger partial charge in [0.1, 0.15) is 11.6 Å². The van der Waals surface area contributed by atoms with E-state index in [-0.39, 0.29) is 22.4 Å². The molecule has 0 bridgehead atoms. The Balaban J connectivity index is 1.86. The Kier molecular flexibility index (Phi) is 5.82. The second-order valence-corrected chi connectivity index (χ2v) is 8.16. The third-order valence-electron chi connectivity index (χ3n) is 4.25. The zero-order valence-electron chi connectivity index (χ0n) is 16.0. The van der Waals surface area contributed by atoms with Crippen LogP contribution in [0.15, 0.2) is 36.7 Å². The number of halogens is 3. The molecule has 2 N–H and O–H groups in total. The SMILES string of the molecule is CC(COc1cnc(-c2ccnc3cc(F)cc(F)c23)cc1Cl)CC(C)(C)N. The second-order valence-electron chi connectivity index (χ2n) is 7.75. The van der Waals surface area contributed by atoms with Crippen molar-refractivity contribution in [2.75, 3.05) is 6.61 Å². The molecule has 2 heterocycles. The summed E-state index contributed by atoms with van der Waals surface area (Å²) in [5, 5.41) is 0.552. The Hall–Kier alpha value is -2.31. The minimum Gasteiger partial charge on any atom is -0.490 e. The van der Waals surface area contributed by atoms with E-state index in [0.717, 1.165) is 12.5 Å². The molecule has 28 heavy (non-hydrogen) atoms. The van der Waals surface area contributed by atoms with Crippen LogP contribution in [0.3, 0.4) is 0 Å². The molecule has 0 saturated heterocycles. The first-order valence-corrected chi connectivity index (χ1v) is 9.33. The van der Waals surface area contributed by atoms with Crippen LogP contribution in [0, 0.1) is 17.6 Å². The standard InChI is InChI=1S/C21H22ClF2N3O/c1-12(9-21(2,3)25)11-28-19-10-27-17(8-15(19)22)14-4-5-26-18-7-13(23)6-16(24)20(14)18/h4-8,10,12H,9,11,25H2,1-3H3. The predicted octanol–water partition coefficient (Wildman–Crippen LogP) is 5.37. The number of ether oxygens (including phenoxy) is 1. The number of fused-ring (bicyclic) bond motifs is 1. The highest BCUT2D eigenvalue weighted by atomic mass is 35.5. The molecule has 1 aromatic carbocycles. The van der Waals surface area contributed by atoms with Crippen molar-refractivity contribution in [2.24, 2.45) is 11.7 Å². The maximum atomic E-state index is 14.3. The van der Waals surface area contributed by atoms with Gasteiger partial charge in [-0.15, -0.1) is 0 Å². The molecule has 0 amide bonds. The van der Waals surface area contributed by atoms with Crippen LogP contribution in [0.2, 0.25) is 5.02 Å². The zero-order valence-corrected chi connectivity index (χ0v) is 16.7. The first kappa shape index (κ1) is 20.4. The van der Waals surface area contributed by atoms with E-state index in [0.29, 0.717) is 28.6 Å². The molecular weight excluding hydrogens is 384 g/mol. The first-order chi connectivity index (χ1) is 13.1. The smallest absolute Gasteiger partial charge is 0.156 e. The van der Waals surface area contributed by atoms with E-state index < -0.39 is 11.6 Å². The minimum atomic E-state index is -0.699. The molecule has 1 atom stereocenters. The Morgan fingerprint density at radius 3 is 2.64 bits per heavy atom. The molecule has 148 valence electrons. The molecule has 0 saturated carbocycles. The van der Waals surface area contributed by atoms with E-state index in [1.165, 1.54) is 18.5 Å². The van der Waals surface area contributed by atoms with Gasteiger partial charge in [-0.1, -0.05) is 18.5 Å². The highest BCUT2D eigenvalue weighted by molar-refractivity contribution is 6.32. The summed E-state index contributed by atoms with van der Waals surface area (Å²) in [6, 6.07) is 5.23. The fourth-order valence-corrected chi connectivity index (χ4v) is 3.48. The van der Waals surface area contributed by atoms with Crippen LogP contribution in [0.25, 0.3) is 22.2 Å². The molecule has 0 aliphatic heterocycles. The van der Waals surface area contributed by atoms with E-state index in [2.05, 4.69) is 16.9 Å². The monoisotopic (exact) mass is 405 g/mol. The van der Waals surface area contributed by atoms with Gasteiger partial charge in [0, 0.05) is 34.8 Å². The summed E-state index contributed by atoms with van der Waals surface area (Å²) >= 11 is 6.35. The van der Waals surface area contributed by atoms with Crippen molar-refractivity contribution in [2.45, 2.75) is 32.7 Å². The Morgan fingerprint density at radius 1 is 1.21 bits per heavy atom. The average molecular weight is 406 g/mol. The van der Waals surface area contributed by atoms with Gasteiger partial charge < -0.3 is 10.5 Å². The molecule has 7 heteroatoms. The first-order valence-electron chi connectivity index (χ1n) is 8.95. The lowest BCUT2D eigenvalue weighted by molar-refractivity contribution is 0.229. The van der Waals surface area contributed by atoms with Crippen LogP contribution in [-0.2, 0) is 0 Å². The number of pyridine rings is 2. The third-order valence-corrected chi connectivity index (χ3v) is 4.55. The van der Waals surface area contributed by atoms with Crippen LogP contribution in [0.5, 0.6) is 5.75 Å². The Bertz CT molecular complexity index is 1000. The maximum Gasteiger partial charge on any atom is 0.156 e. The largest absolute Gasteiger partial charge is 0.490 e. The van der Waals surface area contributed by atoms with Gasteiger partial charge in [-0.3, -0.25) is 9.97 Å². The molecule has 0 aliphatic carbocycles. The van der Waals surface area contributed by atoms with Crippen LogP contribution < -0.4 is 10.5 Å². The number of hydrogen-bond acceptors (Lipinski definition) is 4. The molecule has 0 radical (unpaired) electrons. The van der Waals surface area contributed by atoms with E-state index in [1.807, 2.05) is 13.8 Å². The number of aromatic nitrogens is 2.